The molecule has 0 amide bonds. The second-order valence-corrected chi connectivity index (χ2v) is 3.02. The van der Waals surface area contributed by atoms with E-state index >= 15 is 0 Å². The fourth-order valence-electron chi connectivity index (χ4n) is 0.923. The Kier molecular flexibility index (Phi) is 3.31. The molecule has 0 saturated carbocycles. The van der Waals surface area contributed by atoms with Crippen molar-refractivity contribution in [2.75, 3.05) is 5.33 Å². The van der Waals surface area contributed by atoms with Gasteiger partial charge in [-0.25, -0.2) is 8.78 Å². The Morgan fingerprint density at radius 3 is 2.57 bits per heavy atom. The number of benzene rings is 1. The average Bonchev–Trinajstić information content (AvgIpc) is 2.21. The third-order valence-corrected chi connectivity index (χ3v) is 2.13. The highest BCUT2D eigenvalue weighted by molar-refractivity contribution is 9.09. The van der Waals surface area contributed by atoms with E-state index in [1.807, 2.05) is 0 Å². The molecule has 0 aliphatic carbocycles. The first-order valence-electron chi connectivity index (χ1n) is 3.59. The Balaban J connectivity index is 3.33. The number of hydrogen-bond acceptors (Lipinski definition) is 2. The minimum atomic E-state index is -1.28. The van der Waals surface area contributed by atoms with Crippen LogP contribution in [-0.2, 0) is 0 Å². The number of rotatable bonds is 2. The molecule has 5 heteroatoms. The van der Waals surface area contributed by atoms with Crippen LogP contribution in [0.5, 0.6) is 0 Å². The lowest BCUT2D eigenvalue weighted by Crippen LogP contribution is -2.06. The van der Waals surface area contributed by atoms with Crippen molar-refractivity contribution in [3.63, 3.8) is 0 Å². The minimum Gasteiger partial charge on any atom is -0.293 e. The highest BCUT2D eigenvalue weighted by Gasteiger charge is 2.17. The number of carbonyl (C=O) groups is 1. The molecule has 0 fully saturated rings. The normalized spacial score (nSPS) is 9.57. The molecule has 0 radical (unpaired) electrons. The molecule has 0 saturated heterocycles. The summed E-state index contributed by atoms with van der Waals surface area (Å²) in [6, 6.07) is 3.66. The van der Waals surface area contributed by atoms with Crippen LogP contribution in [0.2, 0.25) is 0 Å². The molecular formula is C9H4BrF2NO. The van der Waals surface area contributed by atoms with E-state index in [9.17, 15) is 13.6 Å². The first-order chi connectivity index (χ1) is 6.61. The van der Waals surface area contributed by atoms with Gasteiger partial charge in [-0.2, -0.15) is 5.26 Å². The van der Waals surface area contributed by atoms with Gasteiger partial charge in [-0.15, -0.1) is 0 Å². The maximum atomic E-state index is 13.1. The Bertz CT molecular complexity index is 426. The first kappa shape index (κ1) is 10.8. The Morgan fingerprint density at radius 2 is 2.07 bits per heavy atom. The zero-order valence-corrected chi connectivity index (χ0v) is 8.44. The second kappa shape index (κ2) is 4.29. The molecular weight excluding hydrogens is 256 g/mol. The van der Waals surface area contributed by atoms with E-state index in [1.54, 1.807) is 0 Å². The van der Waals surface area contributed by atoms with Crippen molar-refractivity contribution in [1.29, 1.82) is 5.26 Å². The molecule has 14 heavy (non-hydrogen) atoms. The van der Waals surface area contributed by atoms with E-state index in [0.29, 0.717) is 0 Å². The van der Waals surface area contributed by atoms with Crippen molar-refractivity contribution >= 4 is 21.7 Å². The summed E-state index contributed by atoms with van der Waals surface area (Å²) in [6.45, 7) is 0. The number of nitrogens with zero attached hydrogens (tertiary/aromatic N) is 1. The number of ketones is 1. The number of hydrogen-bond donors (Lipinski definition) is 0. The molecule has 0 bridgehead atoms. The lowest BCUT2D eigenvalue weighted by molar-refractivity contribution is 0.101. The molecule has 0 aliphatic rings. The van der Waals surface area contributed by atoms with E-state index in [2.05, 4.69) is 15.9 Å². The van der Waals surface area contributed by atoms with Crippen LogP contribution < -0.4 is 0 Å². The summed E-state index contributed by atoms with van der Waals surface area (Å²) in [4.78, 5) is 11.0. The zero-order valence-electron chi connectivity index (χ0n) is 6.85. The maximum Gasteiger partial charge on any atom is 0.177 e. The topological polar surface area (TPSA) is 40.9 Å². The van der Waals surface area contributed by atoms with Gasteiger partial charge >= 0.3 is 0 Å². The van der Waals surface area contributed by atoms with Crippen LogP contribution in [0, 0.1) is 23.0 Å². The van der Waals surface area contributed by atoms with Crippen molar-refractivity contribution in [3.8, 4) is 6.07 Å². The van der Waals surface area contributed by atoms with Crippen LogP contribution in [0.15, 0.2) is 12.1 Å². The van der Waals surface area contributed by atoms with E-state index in [4.69, 9.17) is 5.26 Å². The van der Waals surface area contributed by atoms with Crippen molar-refractivity contribution < 1.29 is 13.6 Å². The number of carbonyl (C=O) groups excluding carboxylic acids is 1. The zero-order chi connectivity index (χ0) is 10.7. The minimum absolute atomic E-state index is 0.0880. The molecule has 1 aromatic carbocycles. The number of Topliss-reactive ketones (excluding diaryl/α,β-unsaturated/α-hetero) is 1. The molecule has 72 valence electrons. The molecule has 0 unspecified atom stereocenters. The molecule has 1 aromatic rings. The summed E-state index contributed by atoms with van der Waals surface area (Å²) in [6.07, 6.45) is 0. The summed E-state index contributed by atoms with van der Waals surface area (Å²) in [5.41, 5.74) is -0.757. The van der Waals surface area contributed by atoms with Crippen LogP contribution in [-0.4, -0.2) is 11.1 Å². The lowest BCUT2D eigenvalue weighted by atomic mass is 10.1. The second-order valence-electron chi connectivity index (χ2n) is 2.46. The van der Waals surface area contributed by atoms with Gasteiger partial charge in [0.2, 0.25) is 0 Å². The Hall–Kier alpha value is -1.28. The smallest absolute Gasteiger partial charge is 0.177 e. The number of halogens is 3. The van der Waals surface area contributed by atoms with Gasteiger partial charge < -0.3 is 0 Å². The van der Waals surface area contributed by atoms with Gasteiger partial charge in [-0.3, -0.25) is 4.79 Å². The van der Waals surface area contributed by atoms with E-state index in [1.165, 1.54) is 6.07 Å². The first-order valence-corrected chi connectivity index (χ1v) is 4.71. The predicted octanol–water partition coefficient (Wildman–Crippen LogP) is 2.41. The molecule has 0 aromatic heterocycles. The average molecular weight is 260 g/mol. The molecule has 0 spiro atoms. The fourth-order valence-corrected chi connectivity index (χ4v) is 1.23. The van der Waals surface area contributed by atoms with Gasteiger partial charge in [0.25, 0.3) is 0 Å². The third kappa shape index (κ3) is 1.80. The SMILES string of the molecule is N#Cc1ccc(C(=O)CBr)c(F)c1F. The van der Waals surface area contributed by atoms with Crippen molar-refractivity contribution in [2.24, 2.45) is 0 Å². The Morgan fingerprint density at radius 1 is 1.43 bits per heavy atom. The molecule has 0 N–H and O–H groups in total. The van der Waals surface area contributed by atoms with Crippen LogP contribution in [0.4, 0.5) is 8.78 Å². The highest BCUT2D eigenvalue weighted by Crippen LogP contribution is 2.16. The molecule has 2 nitrogen and oxygen atoms in total. The van der Waals surface area contributed by atoms with Gasteiger partial charge in [0, 0.05) is 0 Å². The van der Waals surface area contributed by atoms with Gasteiger partial charge in [-0.05, 0) is 12.1 Å². The standard InChI is InChI=1S/C9H4BrF2NO/c10-3-7(14)6-2-1-5(4-13)8(11)9(6)12/h1-2H,3H2. The highest BCUT2D eigenvalue weighted by atomic mass is 79.9. The van der Waals surface area contributed by atoms with Gasteiger partial charge in [-0.1, -0.05) is 15.9 Å². The van der Waals surface area contributed by atoms with E-state index in [-0.39, 0.29) is 10.9 Å². The number of nitriles is 1. The quantitative estimate of drug-likeness (QED) is 0.605. The monoisotopic (exact) mass is 259 g/mol. The van der Waals surface area contributed by atoms with Crippen molar-refractivity contribution in [2.45, 2.75) is 0 Å². The summed E-state index contributed by atoms with van der Waals surface area (Å²) < 4.78 is 26.1. The summed E-state index contributed by atoms with van der Waals surface area (Å²) in [5, 5.41) is 8.29. The molecule has 0 aliphatic heterocycles. The molecule has 0 atom stereocenters. The third-order valence-electron chi connectivity index (χ3n) is 1.62. The summed E-state index contributed by atoms with van der Waals surface area (Å²) in [5.74, 6) is -3.11. The van der Waals surface area contributed by atoms with Crippen molar-refractivity contribution in [1.82, 2.24) is 0 Å². The molecule has 1 rings (SSSR count). The van der Waals surface area contributed by atoms with Crippen LogP contribution in [0.1, 0.15) is 15.9 Å². The van der Waals surface area contributed by atoms with Crippen LogP contribution >= 0.6 is 15.9 Å². The van der Waals surface area contributed by atoms with Gasteiger partial charge in [0.05, 0.1) is 16.5 Å². The van der Waals surface area contributed by atoms with Gasteiger partial charge in [0.15, 0.2) is 17.4 Å². The fraction of sp³-hybridized carbons (Fsp3) is 0.111. The van der Waals surface area contributed by atoms with Gasteiger partial charge in [0.1, 0.15) is 6.07 Å². The van der Waals surface area contributed by atoms with Crippen LogP contribution in [0.3, 0.4) is 0 Å². The predicted molar refractivity (Wildman–Crippen MR) is 49.2 cm³/mol. The van der Waals surface area contributed by atoms with E-state index < -0.39 is 23.0 Å². The summed E-state index contributed by atoms with van der Waals surface area (Å²) in [7, 11) is 0. The number of alkyl halides is 1. The van der Waals surface area contributed by atoms with Crippen molar-refractivity contribution in [3.05, 3.63) is 34.9 Å². The summed E-state index contributed by atoms with van der Waals surface area (Å²) >= 11 is 2.84. The maximum absolute atomic E-state index is 13.1. The molecule has 0 heterocycles. The van der Waals surface area contributed by atoms with E-state index in [0.717, 1.165) is 12.1 Å². The van der Waals surface area contributed by atoms with Crippen LogP contribution in [0.25, 0.3) is 0 Å². The lowest BCUT2D eigenvalue weighted by Gasteiger charge is -2.01. The Labute approximate surface area is 87.3 Å². The largest absolute Gasteiger partial charge is 0.293 e.